The smallest absolute Gasteiger partial charge is 0.416 e. The van der Waals surface area contributed by atoms with E-state index in [1.165, 1.54) is 31.4 Å². The first-order valence-corrected chi connectivity index (χ1v) is 9.06. The van der Waals surface area contributed by atoms with E-state index in [0.29, 0.717) is 11.8 Å². The number of aromatic nitrogens is 2. The van der Waals surface area contributed by atoms with E-state index in [1.54, 1.807) is 0 Å². The van der Waals surface area contributed by atoms with Crippen molar-refractivity contribution in [1.82, 2.24) is 9.97 Å². The number of esters is 1. The first-order chi connectivity index (χ1) is 15.1. The van der Waals surface area contributed by atoms with Gasteiger partial charge in [0.25, 0.3) is 0 Å². The zero-order valence-electron chi connectivity index (χ0n) is 16.1. The molecule has 0 unspecified atom stereocenters. The molecule has 0 saturated heterocycles. The fraction of sp³-hybridized carbons (Fsp3) is 0.105. The van der Waals surface area contributed by atoms with E-state index < -0.39 is 28.3 Å². The molecule has 0 aliphatic rings. The Morgan fingerprint density at radius 1 is 1.09 bits per heavy atom. The lowest BCUT2D eigenvalue weighted by Crippen LogP contribution is -2.08. The predicted octanol–water partition coefficient (Wildman–Crippen LogP) is 5.33. The van der Waals surface area contributed by atoms with Crippen molar-refractivity contribution in [3.05, 3.63) is 75.1 Å². The van der Waals surface area contributed by atoms with Crippen molar-refractivity contribution in [2.24, 2.45) is 0 Å². The maximum absolute atomic E-state index is 13.0. The van der Waals surface area contributed by atoms with Crippen LogP contribution in [0.2, 0.25) is 5.02 Å². The summed E-state index contributed by atoms with van der Waals surface area (Å²) >= 11 is 5.95. The van der Waals surface area contributed by atoms with Gasteiger partial charge in [-0.1, -0.05) is 11.6 Å². The zero-order valence-corrected chi connectivity index (χ0v) is 16.9. The van der Waals surface area contributed by atoms with Gasteiger partial charge in [-0.05, 0) is 42.5 Å². The number of nitrogens with one attached hydrogen (secondary N) is 2. The Morgan fingerprint density at radius 2 is 1.72 bits per heavy atom. The Kier molecular flexibility index (Phi) is 6.44. The monoisotopic (exact) mass is 467 g/mol. The van der Waals surface area contributed by atoms with Gasteiger partial charge in [0.05, 0.1) is 33.9 Å². The summed E-state index contributed by atoms with van der Waals surface area (Å²) in [6, 6.07) is 8.32. The lowest BCUT2D eigenvalue weighted by Gasteiger charge is -2.13. The number of rotatable bonds is 6. The molecule has 0 saturated carbocycles. The molecule has 0 spiro atoms. The van der Waals surface area contributed by atoms with Crippen LogP contribution in [0.1, 0.15) is 15.9 Å². The zero-order chi connectivity index (χ0) is 23.5. The number of alkyl halides is 3. The summed E-state index contributed by atoms with van der Waals surface area (Å²) in [6.45, 7) is 0. The standard InChI is InChI=1S/C19H13ClF3N5O4/c1-32-18(29)10-2-5-12(6-3-10)26-16-15(28(30)31)17(25-9-24-16)27-14-8-11(19(21,22)23)4-7-13(14)20/h2-9H,1H3,(H2,24,25,26,27). The van der Waals surface area contributed by atoms with Crippen molar-refractivity contribution in [2.75, 3.05) is 17.7 Å². The molecule has 0 atom stereocenters. The fourth-order valence-electron chi connectivity index (χ4n) is 2.60. The normalized spacial score (nSPS) is 11.0. The average Bonchev–Trinajstić information content (AvgIpc) is 2.74. The van der Waals surface area contributed by atoms with E-state index >= 15 is 0 Å². The summed E-state index contributed by atoms with van der Waals surface area (Å²) in [4.78, 5) is 30.0. The van der Waals surface area contributed by atoms with Gasteiger partial charge in [-0.3, -0.25) is 10.1 Å². The number of anilines is 4. The largest absolute Gasteiger partial charge is 0.465 e. The van der Waals surface area contributed by atoms with Crippen molar-refractivity contribution in [1.29, 1.82) is 0 Å². The summed E-state index contributed by atoms with van der Waals surface area (Å²) in [5.74, 6) is -1.17. The summed E-state index contributed by atoms with van der Waals surface area (Å²) in [6.07, 6.45) is -3.65. The maximum atomic E-state index is 13.0. The van der Waals surface area contributed by atoms with Crippen LogP contribution in [0, 0.1) is 10.1 Å². The van der Waals surface area contributed by atoms with Crippen molar-refractivity contribution in [3.8, 4) is 0 Å². The van der Waals surface area contributed by atoms with Gasteiger partial charge in [-0.25, -0.2) is 14.8 Å². The second kappa shape index (κ2) is 9.06. The minimum Gasteiger partial charge on any atom is -0.465 e. The van der Waals surface area contributed by atoms with Gasteiger partial charge in [0.15, 0.2) is 0 Å². The van der Waals surface area contributed by atoms with E-state index in [1.807, 2.05) is 0 Å². The number of halogens is 4. The number of nitro groups is 1. The maximum Gasteiger partial charge on any atom is 0.416 e. The van der Waals surface area contributed by atoms with Crippen LogP contribution < -0.4 is 10.6 Å². The molecule has 0 aliphatic heterocycles. The molecule has 2 N–H and O–H groups in total. The number of nitrogens with zero attached hydrogens (tertiary/aromatic N) is 3. The third-order valence-electron chi connectivity index (χ3n) is 4.12. The van der Waals surface area contributed by atoms with Crippen LogP contribution >= 0.6 is 11.6 Å². The lowest BCUT2D eigenvalue weighted by atomic mass is 10.2. The van der Waals surface area contributed by atoms with Crippen LogP contribution in [0.15, 0.2) is 48.8 Å². The minimum absolute atomic E-state index is 0.0983. The number of ether oxygens (including phenoxy) is 1. The highest BCUT2D eigenvalue weighted by atomic mass is 35.5. The number of hydrogen-bond donors (Lipinski definition) is 2. The summed E-state index contributed by atoms with van der Waals surface area (Å²) in [7, 11) is 1.23. The molecule has 0 radical (unpaired) electrons. The van der Waals surface area contributed by atoms with E-state index in [2.05, 4.69) is 25.3 Å². The van der Waals surface area contributed by atoms with Gasteiger partial charge in [0.1, 0.15) is 6.33 Å². The molecule has 0 bridgehead atoms. The van der Waals surface area contributed by atoms with Gasteiger partial charge in [0, 0.05) is 5.69 Å². The van der Waals surface area contributed by atoms with Crippen molar-refractivity contribution < 1.29 is 27.6 Å². The fourth-order valence-corrected chi connectivity index (χ4v) is 2.77. The molecular formula is C19H13ClF3N5O4. The summed E-state index contributed by atoms with van der Waals surface area (Å²) in [5, 5.41) is 16.8. The minimum atomic E-state index is -4.64. The summed E-state index contributed by atoms with van der Waals surface area (Å²) < 4.78 is 43.6. The Labute approximate surface area is 183 Å². The molecule has 0 aliphatic carbocycles. The second-order valence-corrected chi connectivity index (χ2v) is 6.60. The third-order valence-corrected chi connectivity index (χ3v) is 4.45. The molecule has 1 heterocycles. The van der Waals surface area contributed by atoms with Crippen molar-refractivity contribution in [2.45, 2.75) is 6.18 Å². The molecule has 0 amide bonds. The molecular weight excluding hydrogens is 455 g/mol. The topological polar surface area (TPSA) is 119 Å². The quantitative estimate of drug-likeness (QED) is 0.283. The van der Waals surface area contributed by atoms with Gasteiger partial charge in [0.2, 0.25) is 11.6 Å². The van der Waals surface area contributed by atoms with Gasteiger partial charge >= 0.3 is 17.8 Å². The first-order valence-electron chi connectivity index (χ1n) is 8.68. The van der Waals surface area contributed by atoms with Crippen LogP contribution in [0.5, 0.6) is 0 Å². The Morgan fingerprint density at radius 3 is 2.28 bits per heavy atom. The highest BCUT2D eigenvalue weighted by molar-refractivity contribution is 6.33. The molecule has 3 rings (SSSR count). The van der Waals surface area contributed by atoms with E-state index in [-0.39, 0.29) is 27.9 Å². The Bertz CT molecular complexity index is 1170. The number of carbonyl (C=O) groups is 1. The van der Waals surface area contributed by atoms with E-state index in [9.17, 15) is 28.1 Å². The number of carbonyl (C=O) groups excluding carboxylic acids is 1. The third kappa shape index (κ3) is 5.03. The SMILES string of the molecule is COC(=O)c1ccc(Nc2ncnc(Nc3cc(C(F)(F)F)ccc3Cl)c2[N+](=O)[O-])cc1. The van der Waals surface area contributed by atoms with E-state index in [0.717, 1.165) is 18.5 Å². The molecule has 2 aromatic carbocycles. The molecule has 3 aromatic rings. The number of hydrogen-bond acceptors (Lipinski definition) is 8. The summed E-state index contributed by atoms with van der Waals surface area (Å²) in [5.41, 5.74) is -1.24. The number of benzene rings is 2. The molecule has 9 nitrogen and oxygen atoms in total. The highest BCUT2D eigenvalue weighted by Gasteiger charge is 2.31. The van der Waals surface area contributed by atoms with Crippen LogP contribution in [-0.4, -0.2) is 28.0 Å². The highest BCUT2D eigenvalue weighted by Crippen LogP contribution is 2.38. The average molecular weight is 468 g/mol. The van der Waals surface area contributed by atoms with Crippen LogP contribution in [0.3, 0.4) is 0 Å². The van der Waals surface area contributed by atoms with Gasteiger partial charge in [-0.15, -0.1) is 0 Å². The second-order valence-electron chi connectivity index (χ2n) is 6.19. The van der Waals surface area contributed by atoms with Crippen LogP contribution in [-0.2, 0) is 10.9 Å². The number of methoxy groups -OCH3 is 1. The Hall–Kier alpha value is -3.93. The van der Waals surface area contributed by atoms with Crippen molar-refractivity contribution in [3.63, 3.8) is 0 Å². The predicted molar refractivity (Wildman–Crippen MR) is 109 cm³/mol. The first kappa shape index (κ1) is 22.7. The van der Waals surface area contributed by atoms with Crippen molar-refractivity contribution >= 4 is 46.3 Å². The Balaban J connectivity index is 1.95. The van der Waals surface area contributed by atoms with E-state index in [4.69, 9.17) is 11.6 Å². The lowest BCUT2D eigenvalue weighted by molar-refractivity contribution is -0.383. The molecule has 1 aromatic heterocycles. The van der Waals surface area contributed by atoms with Gasteiger partial charge < -0.3 is 15.4 Å². The van der Waals surface area contributed by atoms with Crippen LogP contribution in [0.4, 0.5) is 41.9 Å². The molecule has 13 heteroatoms. The van der Waals surface area contributed by atoms with Gasteiger partial charge in [-0.2, -0.15) is 13.2 Å². The molecule has 0 fully saturated rings. The van der Waals surface area contributed by atoms with Crippen LogP contribution in [0.25, 0.3) is 0 Å². The molecule has 166 valence electrons. The molecule has 32 heavy (non-hydrogen) atoms.